The predicted molar refractivity (Wildman–Crippen MR) is 112 cm³/mol. The zero-order valence-electron chi connectivity index (χ0n) is 16.0. The summed E-state index contributed by atoms with van der Waals surface area (Å²) in [6, 6.07) is 22.6. The van der Waals surface area contributed by atoms with Crippen molar-refractivity contribution >= 4 is 23.0 Å². The molecule has 0 aromatic heterocycles. The van der Waals surface area contributed by atoms with Crippen LogP contribution in [0.2, 0.25) is 0 Å². The van der Waals surface area contributed by atoms with Gasteiger partial charge in [-0.25, -0.2) is 0 Å². The number of hydrogen-bond donors (Lipinski definition) is 1. The van der Waals surface area contributed by atoms with E-state index in [-0.39, 0.29) is 11.8 Å². The lowest BCUT2D eigenvalue weighted by molar-refractivity contribution is -0.117. The Morgan fingerprint density at radius 1 is 0.926 bits per heavy atom. The topological polar surface area (TPSA) is 32.3 Å². The minimum Gasteiger partial charge on any atom is -0.344 e. The van der Waals surface area contributed by atoms with Crippen LogP contribution in [0.15, 0.2) is 66.7 Å². The van der Waals surface area contributed by atoms with Gasteiger partial charge in [-0.3, -0.25) is 4.79 Å². The van der Waals surface area contributed by atoms with Gasteiger partial charge in [-0.1, -0.05) is 48.5 Å². The molecule has 1 heterocycles. The molecular formula is C24H24N2O. The molecule has 3 aromatic carbocycles. The number of nitrogens with one attached hydrogen (secondary N) is 1. The lowest BCUT2D eigenvalue weighted by atomic mass is 9.91. The van der Waals surface area contributed by atoms with Gasteiger partial charge in [-0.15, -0.1) is 0 Å². The van der Waals surface area contributed by atoms with Crippen molar-refractivity contribution in [3.63, 3.8) is 0 Å². The summed E-state index contributed by atoms with van der Waals surface area (Å²) in [7, 11) is 2.07. The quantitative estimate of drug-likeness (QED) is 0.671. The number of nitrogens with zero attached hydrogens (tertiary/aromatic N) is 1. The van der Waals surface area contributed by atoms with Gasteiger partial charge in [0, 0.05) is 24.1 Å². The number of anilines is 3. The van der Waals surface area contributed by atoms with Crippen molar-refractivity contribution in [1.29, 1.82) is 0 Å². The van der Waals surface area contributed by atoms with Gasteiger partial charge in [0.1, 0.15) is 0 Å². The van der Waals surface area contributed by atoms with Crippen molar-refractivity contribution < 1.29 is 4.79 Å². The van der Waals surface area contributed by atoms with E-state index in [0.29, 0.717) is 6.42 Å². The van der Waals surface area contributed by atoms with Crippen LogP contribution >= 0.6 is 0 Å². The maximum absolute atomic E-state index is 13.3. The summed E-state index contributed by atoms with van der Waals surface area (Å²) >= 11 is 0. The lowest BCUT2D eigenvalue weighted by Crippen LogP contribution is -2.23. The Morgan fingerprint density at radius 3 is 2.44 bits per heavy atom. The molecular weight excluding hydrogens is 332 g/mol. The number of carbonyl (C=O) groups is 1. The summed E-state index contributed by atoms with van der Waals surface area (Å²) < 4.78 is 0. The third kappa shape index (κ3) is 3.10. The molecule has 4 rings (SSSR count). The van der Waals surface area contributed by atoms with Crippen LogP contribution in [-0.4, -0.2) is 13.0 Å². The zero-order chi connectivity index (χ0) is 19.0. The molecule has 0 bridgehead atoms. The largest absolute Gasteiger partial charge is 0.344 e. The average Bonchev–Trinajstić information content (AvgIpc) is 2.81. The second-order valence-corrected chi connectivity index (χ2v) is 7.24. The van der Waals surface area contributed by atoms with E-state index in [2.05, 4.69) is 67.5 Å². The van der Waals surface area contributed by atoms with E-state index < -0.39 is 0 Å². The highest BCUT2D eigenvalue weighted by Gasteiger charge is 2.29. The molecule has 3 aromatic rings. The fraction of sp³-hybridized carbons (Fsp3) is 0.208. The first-order valence-corrected chi connectivity index (χ1v) is 9.34. The van der Waals surface area contributed by atoms with E-state index in [9.17, 15) is 4.79 Å². The molecule has 0 saturated heterocycles. The number of fused-ring (bicyclic) bond motifs is 2. The van der Waals surface area contributed by atoms with Gasteiger partial charge < -0.3 is 10.2 Å². The highest BCUT2D eigenvalue weighted by Crippen LogP contribution is 2.40. The number of hydrogen-bond acceptors (Lipinski definition) is 2. The van der Waals surface area contributed by atoms with Crippen LogP contribution in [-0.2, 0) is 11.2 Å². The van der Waals surface area contributed by atoms with Crippen molar-refractivity contribution in [2.45, 2.75) is 26.2 Å². The number of carbonyl (C=O) groups excluding carboxylic acids is 1. The highest BCUT2D eigenvalue weighted by molar-refractivity contribution is 5.98. The van der Waals surface area contributed by atoms with Gasteiger partial charge in [-0.05, 0) is 60.7 Å². The van der Waals surface area contributed by atoms with Crippen molar-refractivity contribution in [3.05, 3.63) is 89.0 Å². The molecule has 3 nitrogen and oxygen atoms in total. The Morgan fingerprint density at radius 2 is 1.63 bits per heavy atom. The molecule has 3 heteroatoms. The van der Waals surface area contributed by atoms with Crippen molar-refractivity contribution in [1.82, 2.24) is 0 Å². The first kappa shape index (κ1) is 17.3. The molecule has 1 atom stereocenters. The van der Waals surface area contributed by atoms with E-state index in [1.807, 2.05) is 30.3 Å². The Labute approximate surface area is 160 Å². The monoisotopic (exact) mass is 356 g/mol. The number of benzene rings is 3. The van der Waals surface area contributed by atoms with Crippen LogP contribution in [0.1, 0.15) is 28.2 Å². The van der Waals surface area contributed by atoms with E-state index in [1.54, 1.807) is 0 Å². The number of aryl methyl sites for hydroxylation is 1. The summed E-state index contributed by atoms with van der Waals surface area (Å²) in [6.45, 7) is 4.12. The van der Waals surface area contributed by atoms with Gasteiger partial charge in [0.05, 0.1) is 5.92 Å². The lowest BCUT2D eigenvalue weighted by Gasteiger charge is -2.22. The number of para-hydroxylation sites is 2. The fourth-order valence-electron chi connectivity index (χ4n) is 3.90. The second-order valence-electron chi connectivity index (χ2n) is 7.24. The van der Waals surface area contributed by atoms with Crippen LogP contribution in [0, 0.1) is 13.8 Å². The minimum absolute atomic E-state index is 0.0428. The Bertz CT molecular complexity index is 1010. The molecule has 0 saturated carbocycles. The third-order valence-electron chi connectivity index (χ3n) is 5.63. The molecule has 1 aliphatic rings. The molecule has 1 N–H and O–H groups in total. The van der Waals surface area contributed by atoms with Gasteiger partial charge in [0.25, 0.3) is 0 Å². The molecule has 0 fully saturated rings. The third-order valence-corrected chi connectivity index (χ3v) is 5.63. The summed E-state index contributed by atoms with van der Waals surface area (Å²) in [5, 5.41) is 3.18. The van der Waals surface area contributed by atoms with Gasteiger partial charge in [-0.2, -0.15) is 0 Å². The summed E-state index contributed by atoms with van der Waals surface area (Å²) in [4.78, 5) is 15.5. The van der Waals surface area contributed by atoms with Crippen molar-refractivity contribution in [2.24, 2.45) is 0 Å². The molecule has 0 radical (unpaired) electrons. The molecule has 1 amide bonds. The minimum atomic E-state index is -0.229. The Balaban J connectivity index is 1.76. The Hall–Kier alpha value is -3.07. The van der Waals surface area contributed by atoms with E-state index in [1.165, 1.54) is 11.1 Å². The normalized spacial score (nSPS) is 15.5. The maximum Gasteiger partial charge on any atom is 0.232 e. The molecule has 0 aliphatic carbocycles. The zero-order valence-corrected chi connectivity index (χ0v) is 16.0. The molecule has 0 unspecified atom stereocenters. The smallest absolute Gasteiger partial charge is 0.232 e. The standard InChI is InChI=1S/C24H24N2O/c1-16-9-8-12-21(17(16)2)25-24(27)20-15-18-10-4-6-13-22(18)26(3)23-14-7-5-11-19(20)23/h4-14,20H,15H2,1-3H3,(H,25,27)/t20-/m1/s1. The van der Waals surface area contributed by atoms with Gasteiger partial charge in [0.2, 0.25) is 5.91 Å². The van der Waals surface area contributed by atoms with E-state index >= 15 is 0 Å². The number of rotatable bonds is 2. The highest BCUT2D eigenvalue weighted by atomic mass is 16.1. The van der Waals surface area contributed by atoms with E-state index in [4.69, 9.17) is 0 Å². The fourth-order valence-corrected chi connectivity index (χ4v) is 3.90. The maximum atomic E-state index is 13.3. The van der Waals surface area contributed by atoms with Gasteiger partial charge >= 0.3 is 0 Å². The van der Waals surface area contributed by atoms with Crippen molar-refractivity contribution in [3.8, 4) is 0 Å². The first-order valence-electron chi connectivity index (χ1n) is 9.34. The first-order chi connectivity index (χ1) is 13.1. The van der Waals surface area contributed by atoms with Crippen molar-refractivity contribution in [2.75, 3.05) is 17.3 Å². The van der Waals surface area contributed by atoms with Crippen LogP contribution in [0.5, 0.6) is 0 Å². The average molecular weight is 356 g/mol. The van der Waals surface area contributed by atoms with Crippen LogP contribution < -0.4 is 10.2 Å². The van der Waals surface area contributed by atoms with Gasteiger partial charge in [0.15, 0.2) is 0 Å². The Kier molecular flexibility index (Phi) is 4.44. The molecule has 0 spiro atoms. The molecule has 136 valence electrons. The molecule has 1 aliphatic heterocycles. The predicted octanol–water partition coefficient (Wildman–Crippen LogP) is 5.35. The summed E-state index contributed by atoms with van der Waals surface area (Å²) in [5.41, 5.74) is 7.69. The summed E-state index contributed by atoms with van der Waals surface area (Å²) in [5.74, 6) is -0.187. The number of amides is 1. The van der Waals surface area contributed by atoms with Crippen LogP contribution in [0.3, 0.4) is 0 Å². The van der Waals surface area contributed by atoms with Crippen LogP contribution in [0.4, 0.5) is 17.1 Å². The summed E-state index contributed by atoms with van der Waals surface area (Å²) in [6.07, 6.45) is 0.689. The second kappa shape index (κ2) is 6.92. The SMILES string of the molecule is Cc1cccc(NC(=O)[C@@H]2Cc3ccccc3N(C)c3ccccc32)c1C. The van der Waals surface area contributed by atoms with E-state index in [0.717, 1.165) is 28.2 Å². The molecule has 27 heavy (non-hydrogen) atoms. The van der Waals surface area contributed by atoms with Crippen LogP contribution in [0.25, 0.3) is 0 Å².